The third-order valence-electron chi connectivity index (χ3n) is 1.53. The van der Waals surface area contributed by atoms with Crippen molar-refractivity contribution in [2.75, 3.05) is 32.3 Å². The minimum Gasteiger partial charge on any atom is -0.490 e. The Kier molecular flexibility index (Phi) is 4.48. The minimum absolute atomic E-state index is 0.363. The second kappa shape index (κ2) is 5.66. The Bertz CT molecular complexity index is 296. The number of thioether (sulfide) groups is 1. The van der Waals surface area contributed by atoms with E-state index in [9.17, 15) is 0 Å². The summed E-state index contributed by atoms with van der Waals surface area (Å²) in [5, 5.41) is 0.747. The van der Waals surface area contributed by atoms with Crippen LogP contribution in [0.4, 0.5) is 5.82 Å². The van der Waals surface area contributed by atoms with Gasteiger partial charge in [-0.1, -0.05) is 0 Å². The summed E-state index contributed by atoms with van der Waals surface area (Å²) < 4.78 is 10.0. The number of anilines is 1. The van der Waals surface area contributed by atoms with Crippen LogP contribution in [0.3, 0.4) is 0 Å². The lowest BCUT2D eigenvalue weighted by molar-refractivity contribution is 0.218. The second-order valence-corrected chi connectivity index (χ2v) is 3.52. The molecule has 2 N–H and O–H groups in total. The zero-order chi connectivity index (χ0) is 10.4. The lowest BCUT2D eigenvalue weighted by atomic mass is 10.5. The third kappa shape index (κ3) is 2.74. The van der Waals surface area contributed by atoms with E-state index in [0.717, 1.165) is 10.8 Å². The molecule has 1 heterocycles. The minimum atomic E-state index is 0.363. The molecule has 0 saturated heterocycles. The van der Waals surface area contributed by atoms with Gasteiger partial charge in [-0.2, -0.15) is 0 Å². The van der Waals surface area contributed by atoms with Crippen molar-refractivity contribution in [1.29, 1.82) is 0 Å². The zero-order valence-electron chi connectivity index (χ0n) is 8.19. The molecule has 78 valence electrons. The van der Waals surface area contributed by atoms with E-state index in [0.29, 0.717) is 18.2 Å². The van der Waals surface area contributed by atoms with E-state index >= 15 is 0 Å². The van der Waals surface area contributed by atoms with Crippen molar-refractivity contribution < 1.29 is 9.47 Å². The summed E-state index contributed by atoms with van der Waals surface area (Å²) in [6, 6.07) is 0. The van der Waals surface area contributed by atoms with Crippen LogP contribution < -0.4 is 10.5 Å². The maximum Gasteiger partial charge on any atom is 0.193 e. The van der Waals surface area contributed by atoms with Crippen LogP contribution in [-0.2, 0) is 4.74 Å². The molecule has 0 aromatic carbocycles. The van der Waals surface area contributed by atoms with Crippen LogP contribution >= 0.6 is 11.8 Å². The van der Waals surface area contributed by atoms with E-state index in [-0.39, 0.29) is 0 Å². The molecule has 0 fully saturated rings. The first-order chi connectivity index (χ1) is 6.79. The standard InChI is InChI=1S/C8H13N3O2S/c1-12-3-4-14-8-6(13-2)7(9)10-5-11-8/h5H,3-4H2,1-2H3,(H2,9,10,11). The number of ether oxygens (including phenoxy) is 2. The summed E-state index contributed by atoms with van der Waals surface area (Å²) in [5.41, 5.74) is 5.62. The predicted octanol–water partition coefficient (Wildman–Crippen LogP) is 0.806. The van der Waals surface area contributed by atoms with Gasteiger partial charge in [0.25, 0.3) is 0 Å². The summed E-state index contributed by atoms with van der Waals surface area (Å²) in [6.45, 7) is 0.664. The summed E-state index contributed by atoms with van der Waals surface area (Å²) >= 11 is 1.53. The molecule has 1 aromatic heterocycles. The van der Waals surface area contributed by atoms with Crippen molar-refractivity contribution in [3.63, 3.8) is 0 Å². The molecule has 0 saturated carbocycles. The fourth-order valence-electron chi connectivity index (χ4n) is 0.887. The van der Waals surface area contributed by atoms with Crippen LogP contribution in [0.2, 0.25) is 0 Å². The van der Waals surface area contributed by atoms with E-state index in [1.54, 1.807) is 14.2 Å². The number of methoxy groups -OCH3 is 2. The average molecular weight is 215 g/mol. The molecule has 0 aliphatic rings. The van der Waals surface area contributed by atoms with Crippen molar-refractivity contribution in [3.8, 4) is 5.75 Å². The Balaban J connectivity index is 2.70. The van der Waals surface area contributed by atoms with Crippen LogP contribution in [0.25, 0.3) is 0 Å². The molecule has 0 atom stereocenters. The highest BCUT2D eigenvalue weighted by Gasteiger charge is 2.09. The predicted molar refractivity (Wildman–Crippen MR) is 55.6 cm³/mol. The Hall–Kier alpha value is -1.01. The van der Waals surface area contributed by atoms with Crippen molar-refractivity contribution in [3.05, 3.63) is 6.33 Å². The maximum absolute atomic E-state index is 5.62. The molecule has 6 heteroatoms. The highest BCUT2D eigenvalue weighted by atomic mass is 32.2. The highest BCUT2D eigenvalue weighted by Crippen LogP contribution is 2.29. The molecule has 5 nitrogen and oxygen atoms in total. The number of nitrogen functional groups attached to an aromatic ring is 1. The molecule has 14 heavy (non-hydrogen) atoms. The largest absolute Gasteiger partial charge is 0.490 e. The average Bonchev–Trinajstić information content (AvgIpc) is 2.18. The van der Waals surface area contributed by atoms with Gasteiger partial charge in [-0.3, -0.25) is 0 Å². The van der Waals surface area contributed by atoms with Crippen molar-refractivity contribution in [1.82, 2.24) is 9.97 Å². The first-order valence-corrected chi connectivity index (χ1v) is 5.04. The molecular formula is C8H13N3O2S. The fraction of sp³-hybridized carbons (Fsp3) is 0.500. The van der Waals surface area contributed by atoms with Crippen LogP contribution in [0.1, 0.15) is 0 Å². The number of aromatic nitrogens is 2. The number of hydrogen-bond acceptors (Lipinski definition) is 6. The Morgan fingerprint density at radius 1 is 1.43 bits per heavy atom. The zero-order valence-corrected chi connectivity index (χ0v) is 9.00. The smallest absolute Gasteiger partial charge is 0.193 e. The quantitative estimate of drug-likeness (QED) is 0.445. The number of nitrogens with two attached hydrogens (primary N) is 1. The van der Waals surface area contributed by atoms with Crippen LogP contribution in [0.15, 0.2) is 11.4 Å². The summed E-state index contributed by atoms with van der Waals surface area (Å²) in [4.78, 5) is 7.91. The van der Waals surface area contributed by atoms with Crippen molar-refractivity contribution in [2.45, 2.75) is 5.03 Å². The third-order valence-corrected chi connectivity index (χ3v) is 2.46. The molecule has 0 aliphatic heterocycles. The lowest BCUT2D eigenvalue weighted by Crippen LogP contribution is -2.00. The van der Waals surface area contributed by atoms with Gasteiger partial charge in [-0.15, -0.1) is 11.8 Å². The van der Waals surface area contributed by atoms with Gasteiger partial charge in [0.2, 0.25) is 0 Å². The van der Waals surface area contributed by atoms with E-state index in [2.05, 4.69) is 9.97 Å². The highest BCUT2D eigenvalue weighted by molar-refractivity contribution is 7.99. The topological polar surface area (TPSA) is 70.3 Å². The number of rotatable bonds is 5. The van der Waals surface area contributed by atoms with Crippen LogP contribution in [0.5, 0.6) is 5.75 Å². The molecule has 0 spiro atoms. The summed E-state index contributed by atoms with van der Waals surface area (Å²) in [5.74, 6) is 1.71. The molecule has 1 aromatic rings. The maximum atomic E-state index is 5.62. The van der Waals surface area contributed by atoms with Crippen molar-refractivity contribution in [2.24, 2.45) is 0 Å². The molecule has 0 amide bonds. The van der Waals surface area contributed by atoms with E-state index in [1.807, 2.05) is 0 Å². The molecular weight excluding hydrogens is 202 g/mol. The first kappa shape index (κ1) is 11.1. The van der Waals surface area contributed by atoms with Gasteiger partial charge in [-0.25, -0.2) is 9.97 Å². The van der Waals surface area contributed by atoms with Gasteiger partial charge in [0.05, 0.1) is 13.7 Å². The summed E-state index contributed by atoms with van der Waals surface area (Å²) in [6.07, 6.45) is 1.42. The van der Waals surface area contributed by atoms with E-state index in [1.165, 1.54) is 18.1 Å². The van der Waals surface area contributed by atoms with E-state index < -0.39 is 0 Å². The normalized spacial score (nSPS) is 10.1. The Morgan fingerprint density at radius 3 is 2.86 bits per heavy atom. The molecule has 0 aliphatic carbocycles. The van der Waals surface area contributed by atoms with Gasteiger partial charge in [0.15, 0.2) is 11.6 Å². The first-order valence-electron chi connectivity index (χ1n) is 4.05. The van der Waals surface area contributed by atoms with Gasteiger partial charge >= 0.3 is 0 Å². The van der Waals surface area contributed by atoms with Gasteiger partial charge in [0, 0.05) is 12.9 Å². The second-order valence-electron chi connectivity index (χ2n) is 2.44. The monoisotopic (exact) mass is 215 g/mol. The number of hydrogen-bond donors (Lipinski definition) is 1. The molecule has 1 rings (SSSR count). The van der Waals surface area contributed by atoms with Crippen molar-refractivity contribution >= 4 is 17.6 Å². The Morgan fingerprint density at radius 2 is 2.21 bits per heavy atom. The summed E-state index contributed by atoms with van der Waals surface area (Å²) in [7, 11) is 3.21. The molecule has 0 unspecified atom stereocenters. The molecule has 0 bridgehead atoms. The fourth-order valence-corrected chi connectivity index (χ4v) is 1.77. The van der Waals surface area contributed by atoms with Gasteiger partial charge in [-0.05, 0) is 0 Å². The SMILES string of the molecule is COCCSc1ncnc(N)c1OC. The van der Waals surface area contributed by atoms with Gasteiger partial charge < -0.3 is 15.2 Å². The van der Waals surface area contributed by atoms with Crippen LogP contribution in [0, 0.1) is 0 Å². The van der Waals surface area contributed by atoms with Gasteiger partial charge in [0.1, 0.15) is 11.4 Å². The Labute approximate surface area is 87.0 Å². The van der Waals surface area contributed by atoms with Crippen LogP contribution in [-0.4, -0.2) is 36.5 Å². The lowest BCUT2D eigenvalue weighted by Gasteiger charge is -2.07. The molecule has 0 radical (unpaired) electrons. The van der Waals surface area contributed by atoms with E-state index in [4.69, 9.17) is 15.2 Å². The number of nitrogens with zero attached hydrogens (tertiary/aromatic N) is 2.